The minimum atomic E-state index is 0.0523. The molecule has 0 unspecified atom stereocenters. The van der Waals surface area contributed by atoms with Crippen LogP contribution in [0.15, 0.2) is 81.4 Å². The zero-order chi connectivity index (χ0) is 22.0. The first-order valence-electron chi connectivity index (χ1n) is 9.76. The van der Waals surface area contributed by atoms with Crippen LogP contribution >= 0.6 is 28.1 Å². The monoisotopic (exact) mass is 492 g/mol. The summed E-state index contributed by atoms with van der Waals surface area (Å²) >= 11 is 8.82. The second-order valence-corrected chi connectivity index (χ2v) is 8.71. The normalized spacial score (nSPS) is 11.3. The minimum Gasteiger partial charge on any atom is -0.493 e. The molecule has 7 heteroatoms. The van der Waals surface area contributed by atoms with Gasteiger partial charge in [0.05, 0.1) is 12.1 Å². The van der Waals surface area contributed by atoms with E-state index >= 15 is 0 Å². The molecule has 0 atom stereocenters. The van der Waals surface area contributed by atoms with Crippen molar-refractivity contribution < 1.29 is 5.11 Å². The van der Waals surface area contributed by atoms with Crippen molar-refractivity contribution in [3.63, 3.8) is 0 Å². The van der Waals surface area contributed by atoms with Crippen LogP contribution in [0.1, 0.15) is 16.7 Å². The molecule has 0 fully saturated rings. The summed E-state index contributed by atoms with van der Waals surface area (Å²) in [6.45, 7) is 4.60. The van der Waals surface area contributed by atoms with E-state index in [0.717, 1.165) is 32.2 Å². The number of nitrogens with zero attached hydrogens (tertiary/aromatic N) is 3. The van der Waals surface area contributed by atoms with Crippen molar-refractivity contribution in [2.75, 3.05) is 5.32 Å². The molecule has 0 aliphatic carbocycles. The molecular weight excluding hydrogens is 472 g/mol. The van der Waals surface area contributed by atoms with Crippen LogP contribution in [0.5, 0.6) is 5.88 Å². The predicted octanol–water partition coefficient (Wildman–Crippen LogP) is 7.26. The first-order valence-corrected chi connectivity index (χ1v) is 11.0. The van der Waals surface area contributed by atoms with E-state index in [-0.39, 0.29) is 11.0 Å². The molecular formula is C24H21BrN4OS. The van der Waals surface area contributed by atoms with Crippen molar-refractivity contribution in [3.8, 4) is 5.88 Å². The second kappa shape index (κ2) is 8.99. The fraction of sp³-hybridized carbons (Fsp3) is 0.125. The summed E-state index contributed by atoms with van der Waals surface area (Å²) < 4.78 is 2.73. The number of aryl methyl sites for hydroxylation is 2. The van der Waals surface area contributed by atoms with Gasteiger partial charge in [-0.15, -0.1) is 10.2 Å². The van der Waals surface area contributed by atoms with Crippen LogP contribution in [-0.4, -0.2) is 14.8 Å². The number of hydrogen-bond acceptors (Lipinski definition) is 3. The third-order valence-corrected chi connectivity index (χ3v) is 5.62. The summed E-state index contributed by atoms with van der Waals surface area (Å²) in [5.41, 5.74) is 5.52. The van der Waals surface area contributed by atoms with Gasteiger partial charge < -0.3 is 15.0 Å². The van der Waals surface area contributed by atoms with Gasteiger partial charge in [0, 0.05) is 15.5 Å². The lowest BCUT2D eigenvalue weighted by Crippen LogP contribution is -2.04. The Labute approximate surface area is 194 Å². The van der Waals surface area contributed by atoms with Crippen molar-refractivity contribution in [1.29, 1.82) is 0 Å². The highest BCUT2D eigenvalue weighted by Crippen LogP contribution is 2.40. The van der Waals surface area contributed by atoms with Gasteiger partial charge in [0.2, 0.25) is 11.0 Å². The van der Waals surface area contributed by atoms with Gasteiger partial charge in [-0.25, -0.2) is 0 Å². The van der Waals surface area contributed by atoms with E-state index in [2.05, 4.69) is 50.5 Å². The third kappa shape index (κ3) is 4.84. The summed E-state index contributed by atoms with van der Waals surface area (Å²) in [4.78, 5) is 0. The molecule has 0 saturated heterocycles. The van der Waals surface area contributed by atoms with E-state index in [4.69, 9.17) is 12.2 Å². The Morgan fingerprint density at radius 1 is 1.03 bits per heavy atom. The number of anilines is 1. The van der Waals surface area contributed by atoms with Gasteiger partial charge in [-0.1, -0.05) is 63.5 Å². The highest BCUT2D eigenvalue weighted by atomic mass is 79.9. The summed E-state index contributed by atoms with van der Waals surface area (Å²) in [5, 5.41) is 23.5. The van der Waals surface area contributed by atoms with E-state index in [0.29, 0.717) is 12.2 Å². The molecule has 5 nitrogen and oxygen atoms in total. The number of halogens is 1. The predicted molar refractivity (Wildman–Crippen MR) is 133 cm³/mol. The molecule has 3 aromatic carbocycles. The fourth-order valence-electron chi connectivity index (χ4n) is 3.43. The Morgan fingerprint density at radius 3 is 2.55 bits per heavy atom. The summed E-state index contributed by atoms with van der Waals surface area (Å²) in [6, 6.07) is 21.9. The van der Waals surface area contributed by atoms with Gasteiger partial charge in [-0.3, -0.25) is 0 Å². The second-order valence-electron chi connectivity index (χ2n) is 7.41. The minimum absolute atomic E-state index is 0.0523. The van der Waals surface area contributed by atoms with Crippen LogP contribution in [0.3, 0.4) is 0 Å². The SMILES string of the molecule is Cc1ccc(NC(=S)N=Nc2c(O)n(Cc3cccc(C)c3)c3ccc(Br)cc23)cc1. The summed E-state index contributed by atoms with van der Waals surface area (Å²) in [7, 11) is 0. The fourth-order valence-corrected chi connectivity index (χ4v) is 3.95. The Balaban J connectivity index is 1.67. The lowest BCUT2D eigenvalue weighted by atomic mass is 10.1. The molecule has 0 spiro atoms. The summed E-state index contributed by atoms with van der Waals surface area (Å²) in [6.07, 6.45) is 0. The first kappa shape index (κ1) is 21.2. The highest BCUT2D eigenvalue weighted by molar-refractivity contribution is 9.10. The van der Waals surface area contributed by atoms with Crippen molar-refractivity contribution in [3.05, 3.63) is 87.9 Å². The Hall–Kier alpha value is -3.03. The van der Waals surface area contributed by atoms with Crippen LogP contribution < -0.4 is 5.32 Å². The number of hydrogen-bond donors (Lipinski definition) is 2. The molecule has 31 heavy (non-hydrogen) atoms. The largest absolute Gasteiger partial charge is 0.493 e. The van der Waals surface area contributed by atoms with Gasteiger partial charge >= 0.3 is 0 Å². The molecule has 1 heterocycles. The Kier molecular flexibility index (Phi) is 6.15. The zero-order valence-electron chi connectivity index (χ0n) is 17.1. The van der Waals surface area contributed by atoms with Crippen molar-refractivity contribution in [2.45, 2.75) is 20.4 Å². The van der Waals surface area contributed by atoms with E-state index in [9.17, 15) is 5.11 Å². The number of benzene rings is 3. The van der Waals surface area contributed by atoms with Crippen molar-refractivity contribution >= 4 is 55.5 Å². The van der Waals surface area contributed by atoms with Crippen molar-refractivity contribution in [2.24, 2.45) is 10.2 Å². The molecule has 0 radical (unpaired) electrons. The van der Waals surface area contributed by atoms with E-state index < -0.39 is 0 Å². The number of fused-ring (bicyclic) bond motifs is 1. The van der Waals surface area contributed by atoms with Crippen LogP contribution in [0.2, 0.25) is 0 Å². The number of rotatable bonds is 4. The Morgan fingerprint density at radius 2 is 1.81 bits per heavy atom. The molecule has 0 aliphatic heterocycles. The lowest BCUT2D eigenvalue weighted by molar-refractivity contribution is 0.429. The molecule has 4 aromatic rings. The van der Waals surface area contributed by atoms with E-state index in [1.807, 2.05) is 66.1 Å². The van der Waals surface area contributed by atoms with Crippen LogP contribution in [0.25, 0.3) is 10.9 Å². The molecule has 0 saturated carbocycles. The molecule has 4 rings (SSSR count). The standard InChI is InChI=1S/C24H21BrN4OS/c1-15-6-9-19(10-7-15)26-24(31)28-27-22-20-13-18(25)8-11-21(20)29(23(22)30)14-17-5-3-4-16(2)12-17/h3-13,30H,14H2,1-2H3,(H,26,31). The molecule has 0 amide bonds. The number of azo groups is 1. The van der Waals surface area contributed by atoms with Crippen molar-refractivity contribution in [1.82, 2.24) is 4.57 Å². The average Bonchev–Trinajstić information content (AvgIpc) is 2.98. The number of aromatic hydroxyl groups is 1. The molecule has 156 valence electrons. The van der Waals surface area contributed by atoms with Crippen LogP contribution in [0, 0.1) is 13.8 Å². The molecule has 2 N–H and O–H groups in total. The maximum Gasteiger partial charge on any atom is 0.221 e. The van der Waals surface area contributed by atoms with Gasteiger partial charge in [-0.2, -0.15) is 0 Å². The molecule has 0 bridgehead atoms. The number of nitrogens with one attached hydrogen (secondary N) is 1. The van der Waals surface area contributed by atoms with Crippen LogP contribution in [0.4, 0.5) is 11.4 Å². The zero-order valence-corrected chi connectivity index (χ0v) is 19.5. The maximum absolute atomic E-state index is 11.0. The maximum atomic E-state index is 11.0. The van der Waals surface area contributed by atoms with Crippen LogP contribution in [-0.2, 0) is 6.54 Å². The van der Waals surface area contributed by atoms with E-state index in [1.54, 1.807) is 0 Å². The van der Waals surface area contributed by atoms with Gasteiger partial charge in [0.15, 0.2) is 5.69 Å². The quantitative estimate of drug-likeness (QED) is 0.232. The molecule has 1 aromatic heterocycles. The van der Waals surface area contributed by atoms with E-state index in [1.165, 1.54) is 5.56 Å². The lowest BCUT2D eigenvalue weighted by Gasteiger charge is -2.08. The smallest absolute Gasteiger partial charge is 0.221 e. The van der Waals surface area contributed by atoms with Gasteiger partial charge in [0.1, 0.15) is 0 Å². The highest BCUT2D eigenvalue weighted by Gasteiger charge is 2.17. The first-order chi connectivity index (χ1) is 14.9. The number of thiocarbonyl (C=S) groups is 1. The van der Waals surface area contributed by atoms with Gasteiger partial charge in [-0.05, 0) is 62.0 Å². The van der Waals surface area contributed by atoms with Gasteiger partial charge in [0.25, 0.3) is 0 Å². The molecule has 0 aliphatic rings. The summed E-state index contributed by atoms with van der Waals surface area (Å²) in [5.74, 6) is 0.0523. The average molecular weight is 493 g/mol. The topological polar surface area (TPSA) is 61.9 Å². The number of aromatic nitrogens is 1. The third-order valence-electron chi connectivity index (χ3n) is 4.94. The Bertz CT molecular complexity index is 1300.